The number of halogens is 2. The standard InChI is InChI=1S/C12H9BrINO/c13-6-4-8-7-2-1-3-10(16)12(7)15-11(8)9(14)5-6/h4-5,15H,1-3H2. The fourth-order valence-electron chi connectivity index (χ4n) is 2.32. The summed E-state index contributed by atoms with van der Waals surface area (Å²) in [7, 11) is 0. The zero-order chi connectivity index (χ0) is 11.3. The van der Waals surface area contributed by atoms with Crippen LogP contribution in [0.2, 0.25) is 0 Å². The van der Waals surface area contributed by atoms with E-state index in [4.69, 9.17) is 0 Å². The van der Waals surface area contributed by atoms with Gasteiger partial charge in [0.05, 0.1) is 11.2 Å². The number of rotatable bonds is 0. The average molecular weight is 390 g/mol. The van der Waals surface area contributed by atoms with Gasteiger partial charge in [-0.05, 0) is 53.1 Å². The average Bonchev–Trinajstić information content (AvgIpc) is 2.59. The minimum Gasteiger partial charge on any atom is -0.351 e. The molecule has 0 amide bonds. The van der Waals surface area contributed by atoms with Crippen molar-refractivity contribution in [3.8, 4) is 0 Å². The van der Waals surface area contributed by atoms with Gasteiger partial charge in [0.25, 0.3) is 0 Å². The van der Waals surface area contributed by atoms with Crippen LogP contribution in [-0.4, -0.2) is 10.8 Å². The number of H-pyrrole nitrogens is 1. The Hall–Kier alpha value is -0.360. The third kappa shape index (κ3) is 1.54. The molecule has 1 aliphatic rings. The number of aromatic amines is 1. The van der Waals surface area contributed by atoms with E-state index in [1.807, 2.05) is 0 Å². The Labute approximate surface area is 115 Å². The SMILES string of the molecule is O=C1CCCc2c1[nH]c1c(I)cc(Br)cc21. The molecular formula is C12H9BrINO. The summed E-state index contributed by atoms with van der Waals surface area (Å²) in [5.41, 5.74) is 3.13. The molecule has 16 heavy (non-hydrogen) atoms. The maximum atomic E-state index is 11.8. The molecule has 2 aromatic rings. The number of hydrogen-bond acceptors (Lipinski definition) is 1. The molecule has 0 saturated heterocycles. The smallest absolute Gasteiger partial charge is 0.179 e. The highest BCUT2D eigenvalue weighted by Gasteiger charge is 2.22. The first-order valence-corrected chi connectivity index (χ1v) is 7.07. The van der Waals surface area contributed by atoms with E-state index in [2.05, 4.69) is 55.6 Å². The second-order valence-corrected chi connectivity index (χ2v) is 6.14. The molecule has 0 atom stereocenters. The molecule has 3 rings (SSSR count). The Morgan fingerprint density at radius 3 is 2.94 bits per heavy atom. The number of hydrogen-bond donors (Lipinski definition) is 1. The second-order valence-electron chi connectivity index (χ2n) is 4.07. The summed E-state index contributed by atoms with van der Waals surface area (Å²) in [5, 5.41) is 1.20. The van der Waals surface area contributed by atoms with Gasteiger partial charge in [-0.1, -0.05) is 15.9 Å². The van der Waals surface area contributed by atoms with Gasteiger partial charge < -0.3 is 4.98 Å². The van der Waals surface area contributed by atoms with E-state index in [1.54, 1.807) is 0 Å². The third-order valence-electron chi connectivity index (χ3n) is 3.04. The molecule has 1 aliphatic carbocycles. The first kappa shape index (κ1) is 10.8. The minimum atomic E-state index is 0.254. The van der Waals surface area contributed by atoms with Gasteiger partial charge in [-0.2, -0.15) is 0 Å². The van der Waals surface area contributed by atoms with E-state index in [0.717, 1.165) is 32.1 Å². The highest BCUT2D eigenvalue weighted by Crippen LogP contribution is 2.33. The molecule has 1 heterocycles. The van der Waals surface area contributed by atoms with Crippen molar-refractivity contribution in [1.82, 2.24) is 4.98 Å². The summed E-state index contributed by atoms with van der Waals surface area (Å²) in [4.78, 5) is 15.1. The molecule has 0 unspecified atom stereocenters. The number of carbonyl (C=O) groups is 1. The Bertz CT molecular complexity index is 603. The van der Waals surface area contributed by atoms with Crippen LogP contribution < -0.4 is 0 Å². The number of aryl methyl sites for hydroxylation is 1. The topological polar surface area (TPSA) is 32.9 Å². The van der Waals surface area contributed by atoms with Crippen molar-refractivity contribution in [2.24, 2.45) is 0 Å². The van der Waals surface area contributed by atoms with E-state index in [9.17, 15) is 4.79 Å². The summed E-state index contributed by atoms with van der Waals surface area (Å²) in [6, 6.07) is 4.17. The lowest BCUT2D eigenvalue weighted by Gasteiger charge is -2.09. The Morgan fingerprint density at radius 2 is 2.12 bits per heavy atom. The summed E-state index contributed by atoms with van der Waals surface area (Å²) < 4.78 is 2.23. The molecule has 1 aromatic heterocycles. The van der Waals surface area contributed by atoms with Gasteiger partial charge in [-0.25, -0.2) is 0 Å². The largest absolute Gasteiger partial charge is 0.351 e. The van der Waals surface area contributed by atoms with E-state index in [0.29, 0.717) is 6.42 Å². The van der Waals surface area contributed by atoms with Crippen LogP contribution in [0, 0.1) is 3.57 Å². The Balaban J connectivity index is 2.40. The van der Waals surface area contributed by atoms with E-state index in [1.165, 1.54) is 10.9 Å². The molecule has 0 bridgehead atoms. The normalized spacial score (nSPS) is 15.5. The molecule has 82 valence electrons. The monoisotopic (exact) mass is 389 g/mol. The lowest BCUT2D eigenvalue weighted by Crippen LogP contribution is -2.09. The van der Waals surface area contributed by atoms with Crippen molar-refractivity contribution < 1.29 is 4.79 Å². The lowest BCUT2D eigenvalue weighted by atomic mass is 9.95. The Morgan fingerprint density at radius 1 is 1.31 bits per heavy atom. The highest BCUT2D eigenvalue weighted by atomic mass is 127. The predicted molar refractivity (Wildman–Crippen MR) is 76.0 cm³/mol. The zero-order valence-electron chi connectivity index (χ0n) is 8.44. The van der Waals surface area contributed by atoms with Gasteiger partial charge in [-0.15, -0.1) is 0 Å². The molecule has 0 saturated carbocycles. The molecule has 0 fully saturated rings. The van der Waals surface area contributed by atoms with E-state index in [-0.39, 0.29) is 5.78 Å². The molecule has 1 aromatic carbocycles. The van der Waals surface area contributed by atoms with Gasteiger partial charge in [-0.3, -0.25) is 4.79 Å². The maximum Gasteiger partial charge on any atom is 0.179 e. The second kappa shape index (κ2) is 3.84. The summed E-state index contributed by atoms with van der Waals surface area (Å²) in [6.07, 6.45) is 2.66. The van der Waals surface area contributed by atoms with Crippen LogP contribution in [0.1, 0.15) is 28.9 Å². The van der Waals surface area contributed by atoms with Crippen molar-refractivity contribution in [1.29, 1.82) is 0 Å². The van der Waals surface area contributed by atoms with Gasteiger partial charge in [0, 0.05) is 19.8 Å². The number of fused-ring (bicyclic) bond motifs is 3. The van der Waals surface area contributed by atoms with Crippen molar-refractivity contribution in [3.05, 3.63) is 31.4 Å². The van der Waals surface area contributed by atoms with Crippen LogP contribution in [0.25, 0.3) is 10.9 Å². The van der Waals surface area contributed by atoms with Gasteiger partial charge >= 0.3 is 0 Å². The zero-order valence-corrected chi connectivity index (χ0v) is 12.2. The van der Waals surface area contributed by atoms with Crippen LogP contribution >= 0.6 is 38.5 Å². The first-order valence-electron chi connectivity index (χ1n) is 5.19. The van der Waals surface area contributed by atoms with Gasteiger partial charge in [0.2, 0.25) is 0 Å². The predicted octanol–water partition coefficient (Wildman–Crippen LogP) is 4.05. The molecule has 4 heteroatoms. The highest BCUT2D eigenvalue weighted by molar-refractivity contribution is 14.1. The van der Waals surface area contributed by atoms with E-state index >= 15 is 0 Å². The van der Waals surface area contributed by atoms with Gasteiger partial charge in [0.15, 0.2) is 5.78 Å². The third-order valence-corrected chi connectivity index (χ3v) is 4.35. The molecule has 0 aliphatic heterocycles. The fourth-order valence-corrected chi connectivity index (χ4v) is 3.97. The summed E-state index contributed by atoms with van der Waals surface area (Å²) in [5.74, 6) is 0.254. The van der Waals surface area contributed by atoms with Gasteiger partial charge in [0.1, 0.15) is 0 Å². The summed E-state index contributed by atoms with van der Waals surface area (Å²) >= 11 is 5.81. The van der Waals surface area contributed by atoms with Crippen molar-refractivity contribution >= 4 is 55.2 Å². The molecule has 2 nitrogen and oxygen atoms in total. The van der Waals surface area contributed by atoms with Crippen molar-refractivity contribution in [2.75, 3.05) is 0 Å². The quantitative estimate of drug-likeness (QED) is 0.677. The van der Waals surface area contributed by atoms with Crippen LogP contribution in [0.4, 0.5) is 0 Å². The number of carbonyl (C=O) groups excluding carboxylic acids is 1. The molecule has 0 spiro atoms. The Kier molecular flexibility index (Phi) is 2.58. The summed E-state index contributed by atoms with van der Waals surface area (Å²) in [6.45, 7) is 0. The molecular weight excluding hydrogens is 381 g/mol. The van der Waals surface area contributed by atoms with Crippen LogP contribution in [0.5, 0.6) is 0 Å². The number of ketones is 1. The van der Waals surface area contributed by atoms with E-state index < -0.39 is 0 Å². The lowest BCUT2D eigenvalue weighted by molar-refractivity contribution is 0.0968. The van der Waals surface area contributed by atoms with Crippen LogP contribution in [0.3, 0.4) is 0 Å². The van der Waals surface area contributed by atoms with Crippen molar-refractivity contribution in [3.63, 3.8) is 0 Å². The number of benzene rings is 1. The number of aromatic nitrogens is 1. The number of nitrogens with one attached hydrogen (secondary N) is 1. The molecule has 0 radical (unpaired) electrons. The van der Waals surface area contributed by atoms with Crippen LogP contribution in [-0.2, 0) is 6.42 Å². The minimum absolute atomic E-state index is 0.254. The first-order chi connectivity index (χ1) is 7.66. The fraction of sp³-hybridized carbons (Fsp3) is 0.250. The molecule has 1 N–H and O–H groups in total. The number of Topliss-reactive ketones (excluding diaryl/α,β-unsaturated/α-hetero) is 1. The van der Waals surface area contributed by atoms with Crippen molar-refractivity contribution in [2.45, 2.75) is 19.3 Å². The maximum absolute atomic E-state index is 11.8. The van der Waals surface area contributed by atoms with Crippen LogP contribution in [0.15, 0.2) is 16.6 Å².